The lowest BCUT2D eigenvalue weighted by atomic mass is 10.2. The van der Waals surface area contributed by atoms with Gasteiger partial charge in [0.2, 0.25) is 0 Å². The number of nitrogens with two attached hydrogens (primary N) is 1. The van der Waals surface area contributed by atoms with Crippen LogP contribution in [0.4, 0.5) is 18.9 Å². The number of alkyl halides is 3. The van der Waals surface area contributed by atoms with E-state index in [1.165, 1.54) is 10.7 Å². The van der Waals surface area contributed by atoms with Gasteiger partial charge in [-0.15, -0.1) is 0 Å². The van der Waals surface area contributed by atoms with Gasteiger partial charge in [0.1, 0.15) is 0 Å². The molecular weight excluding hydrogens is 267 g/mol. The van der Waals surface area contributed by atoms with E-state index in [9.17, 15) is 13.2 Å². The second-order valence-corrected chi connectivity index (χ2v) is 4.44. The summed E-state index contributed by atoms with van der Waals surface area (Å²) < 4.78 is 39.5. The predicted molar refractivity (Wildman–Crippen MR) is 70.5 cm³/mol. The van der Waals surface area contributed by atoms with Crippen LogP contribution in [0.1, 0.15) is 5.56 Å². The molecule has 0 fully saturated rings. The number of anilines is 1. The third-order valence-corrected chi connectivity index (χ3v) is 2.97. The van der Waals surface area contributed by atoms with Crippen LogP contribution >= 0.6 is 0 Å². The molecule has 0 aliphatic carbocycles. The zero-order chi connectivity index (χ0) is 14.3. The minimum atomic E-state index is -4.37. The van der Waals surface area contributed by atoms with Crippen molar-refractivity contribution < 1.29 is 13.2 Å². The maximum Gasteiger partial charge on any atom is 0.416 e. The fourth-order valence-electron chi connectivity index (χ4n) is 2.00. The Morgan fingerprint density at radius 3 is 2.60 bits per heavy atom. The SMILES string of the molecule is Nc1ccc2nn(-c3cccc(C(F)(F)F)c3)cc2c1. The first-order chi connectivity index (χ1) is 9.43. The Balaban J connectivity index is 2.11. The minimum absolute atomic E-state index is 0.356. The van der Waals surface area contributed by atoms with Gasteiger partial charge in [-0.2, -0.15) is 18.3 Å². The van der Waals surface area contributed by atoms with Gasteiger partial charge in [-0.1, -0.05) is 6.07 Å². The van der Waals surface area contributed by atoms with Crippen molar-refractivity contribution in [2.45, 2.75) is 6.18 Å². The predicted octanol–water partition coefficient (Wildman–Crippen LogP) is 3.63. The molecule has 3 nitrogen and oxygen atoms in total. The highest BCUT2D eigenvalue weighted by molar-refractivity contribution is 5.81. The molecule has 0 amide bonds. The van der Waals surface area contributed by atoms with Gasteiger partial charge in [0.15, 0.2) is 0 Å². The zero-order valence-corrected chi connectivity index (χ0v) is 10.2. The number of rotatable bonds is 1. The van der Waals surface area contributed by atoms with Gasteiger partial charge in [0.25, 0.3) is 0 Å². The summed E-state index contributed by atoms with van der Waals surface area (Å²) in [5, 5.41) is 5.02. The first-order valence-electron chi connectivity index (χ1n) is 5.86. The maximum atomic E-state index is 12.7. The highest BCUT2D eigenvalue weighted by Crippen LogP contribution is 2.30. The molecule has 0 saturated carbocycles. The van der Waals surface area contributed by atoms with Crippen LogP contribution in [0.5, 0.6) is 0 Å². The van der Waals surface area contributed by atoms with Crippen LogP contribution in [0.2, 0.25) is 0 Å². The second-order valence-electron chi connectivity index (χ2n) is 4.44. The second kappa shape index (κ2) is 4.26. The van der Waals surface area contributed by atoms with Crippen molar-refractivity contribution in [2.24, 2.45) is 0 Å². The summed E-state index contributed by atoms with van der Waals surface area (Å²) in [6.07, 6.45) is -2.71. The van der Waals surface area contributed by atoms with E-state index >= 15 is 0 Å². The number of nitrogen functional groups attached to an aromatic ring is 1. The number of benzene rings is 2. The smallest absolute Gasteiger partial charge is 0.399 e. The summed E-state index contributed by atoms with van der Waals surface area (Å²) >= 11 is 0. The van der Waals surface area contributed by atoms with Crippen LogP contribution in [0.15, 0.2) is 48.7 Å². The Bertz CT molecular complexity index is 775. The molecular formula is C14H10F3N3. The molecule has 2 aromatic carbocycles. The first-order valence-corrected chi connectivity index (χ1v) is 5.86. The molecule has 20 heavy (non-hydrogen) atoms. The van der Waals surface area contributed by atoms with Gasteiger partial charge in [0, 0.05) is 17.3 Å². The largest absolute Gasteiger partial charge is 0.416 e. The Labute approximate surface area is 112 Å². The van der Waals surface area contributed by atoms with Crippen LogP contribution < -0.4 is 5.73 Å². The van der Waals surface area contributed by atoms with Crippen LogP contribution in [0.3, 0.4) is 0 Å². The molecule has 0 atom stereocenters. The highest BCUT2D eigenvalue weighted by atomic mass is 19.4. The average Bonchev–Trinajstić information content (AvgIpc) is 2.81. The summed E-state index contributed by atoms with van der Waals surface area (Å²) in [6.45, 7) is 0. The Hall–Kier alpha value is -2.50. The number of halogens is 3. The monoisotopic (exact) mass is 277 g/mol. The number of nitrogens with zero attached hydrogens (tertiary/aromatic N) is 2. The fraction of sp³-hybridized carbons (Fsp3) is 0.0714. The van der Waals surface area contributed by atoms with Crippen LogP contribution in [-0.2, 0) is 6.18 Å². The number of aromatic nitrogens is 2. The molecule has 1 heterocycles. The lowest BCUT2D eigenvalue weighted by Crippen LogP contribution is -2.06. The van der Waals surface area contributed by atoms with E-state index in [2.05, 4.69) is 5.10 Å². The van der Waals surface area contributed by atoms with Gasteiger partial charge in [-0.25, -0.2) is 4.68 Å². The van der Waals surface area contributed by atoms with Crippen molar-refractivity contribution in [1.29, 1.82) is 0 Å². The van der Waals surface area contributed by atoms with E-state index in [0.717, 1.165) is 17.5 Å². The third-order valence-electron chi connectivity index (χ3n) is 2.97. The molecule has 3 aromatic rings. The molecule has 0 aliphatic rings. The summed E-state index contributed by atoms with van der Waals surface area (Å²) in [5.41, 5.74) is 6.59. The lowest BCUT2D eigenvalue weighted by Gasteiger charge is -2.08. The summed E-state index contributed by atoms with van der Waals surface area (Å²) in [4.78, 5) is 0. The van der Waals surface area contributed by atoms with Crippen molar-refractivity contribution in [3.05, 3.63) is 54.2 Å². The summed E-state index contributed by atoms with van der Waals surface area (Å²) in [5.74, 6) is 0. The molecule has 102 valence electrons. The standard InChI is InChI=1S/C14H10F3N3/c15-14(16,17)10-2-1-3-12(7-10)20-8-9-6-11(18)4-5-13(9)19-20/h1-8H,18H2. The molecule has 2 N–H and O–H groups in total. The Kier molecular flexibility index (Phi) is 2.67. The van der Waals surface area contributed by atoms with Gasteiger partial charge < -0.3 is 5.73 Å². The molecule has 1 aromatic heterocycles. The van der Waals surface area contributed by atoms with E-state index in [-0.39, 0.29) is 0 Å². The molecule has 0 unspecified atom stereocenters. The highest BCUT2D eigenvalue weighted by Gasteiger charge is 2.30. The summed E-state index contributed by atoms with van der Waals surface area (Å²) in [6, 6.07) is 10.2. The van der Waals surface area contributed by atoms with Gasteiger partial charge >= 0.3 is 6.18 Å². The number of hydrogen-bond donors (Lipinski definition) is 1. The zero-order valence-electron chi connectivity index (χ0n) is 10.2. The normalized spacial score (nSPS) is 11.9. The van der Waals surface area contributed by atoms with Crippen LogP contribution in [-0.4, -0.2) is 9.78 Å². The molecule has 6 heteroatoms. The van der Waals surface area contributed by atoms with Crippen molar-refractivity contribution in [2.75, 3.05) is 5.73 Å². The van der Waals surface area contributed by atoms with Gasteiger partial charge in [-0.05, 0) is 36.4 Å². The number of hydrogen-bond acceptors (Lipinski definition) is 2. The molecule has 3 rings (SSSR count). The fourth-order valence-corrected chi connectivity index (χ4v) is 2.00. The summed E-state index contributed by atoms with van der Waals surface area (Å²) in [7, 11) is 0. The van der Waals surface area contributed by atoms with Crippen LogP contribution in [0.25, 0.3) is 16.6 Å². The molecule has 0 saturated heterocycles. The van der Waals surface area contributed by atoms with E-state index in [4.69, 9.17) is 5.73 Å². The number of fused-ring (bicyclic) bond motifs is 1. The Morgan fingerprint density at radius 1 is 1.05 bits per heavy atom. The first kappa shape index (κ1) is 12.5. The maximum absolute atomic E-state index is 12.7. The molecule has 0 radical (unpaired) electrons. The molecule has 0 aliphatic heterocycles. The van der Waals surface area contributed by atoms with Crippen molar-refractivity contribution in [3.63, 3.8) is 0 Å². The van der Waals surface area contributed by atoms with Gasteiger partial charge in [0.05, 0.1) is 16.8 Å². The van der Waals surface area contributed by atoms with E-state index in [1.807, 2.05) is 0 Å². The third kappa shape index (κ3) is 2.20. The molecule has 0 bridgehead atoms. The quantitative estimate of drug-likeness (QED) is 0.690. The Morgan fingerprint density at radius 2 is 1.85 bits per heavy atom. The topological polar surface area (TPSA) is 43.8 Å². The van der Waals surface area contributed by atoms with E-state index in [1.54, 1.807) is 30.5 Å². The van der Waals surface area contributed by atoms with E-state index in [0.29, 0.717) is 16.9 Å². The minimum Gasteiger partial charge on any atom is -0.399 e. The van der Waals surface area contributed by atoms with Gasteiger partial charge in [-0.3, -0.25) is 0 Å². The van der Waals surface area contributed by atoms with Crippen molar-refractivity contribution in [1.82, 2.24) is 9.78 Å². The van der Waals surface area contributed by atoms with Crippen LogP contribution in [0, 0.1) is 0 Å². The van der Waals surface area contributed by atoms with E-state index < -0.39 is 11.7 Å². The lowest BCUT2D eigenvalue weighted by molar-refractivity contribution is -0.137. The molecule has 0 spiro atoms. The van der Waals surface area contributed by atoms with Crippen molar-refractivity contribution in [3.8, 4) is 5.69 Å². The van der Waals surface area contributed by atoms with Crippen molar-refractivity contribution >= 4 is 16.6 Å². The average molecular weight is 277 g/mol.